The number of epoxide rings is 1. The molecule has 0 bridgehead atoms. The van der Waals surface area contributed by atoms with Gasteiger partial charge in [0.05, 0.1) is 12.2 Å². The molecule has 1 aromatic rings. The Morgan fingerprint density at radius 2 is 1.71 bits per heavy atom. The van der Waals surface area contributed by atoms with Gasteiger partial charge in [-0.05, 0) is 35.8 Å². The van der Waals surface area contributed by atoms with Crippen LogP contribution < -0.4 is 0 Å². The molecule has 1 heterocycles. The first-order valence-corrected chi connectivity index (χ1v) is 6.64. The molecule has 1 aliphatic rings. The molecule has 0 spiro atoms. The summed E-state index contributed by atoms with van der Waals surface area (Å²) in [6.45, 7) is 11.2. The monoisotopic (exact) mass is 232 g/mol. The number of hydrogen-bond donors (Lipinski definition) is 0. The van der Waals surface area contributed by atoms with Crippen LogP contribution in [0.5, 0.6) is 0 Å². The van der Waals surface area contributed by atoms with E-state index in [1.165, 1.54) is 11.1 Å². The van der Waals surface area contributed by atoms with Crippen LogP contribution in [-0.4, -0.2) is 12.2 Å². The summed E-state index contributed by atoms with van der Waals surface area (Å²) < 4.78 is 5.49. The molecule has 1 fully saturated rings. The van der Waals surface area contributed by atoms with Crippen LogP contribution in [0.15, 0.2) is 24.3 Å². The molecule has 94 valence electrons. The Kier molecular flexibility index (Phi) is 3.31. The standard InChI is InChI=1S/C16H24O/c1-11(10-15-12(2)17-15)13-6-8-14(9-7-13)16(3,4)5/h6-9,11-12,15H,10H2,1-5H3. The summed E-state index contributed by atoms with van der Waals surface area (Å²) in [6, 6.07) is 9.09. The summed E-state index contributed by atoms with van der Waals surface area (Å²) in [7, 11) is 0. The van der Waals surface area contributed by atoms with Crippen LogP contribution in [-0.2, 0) is 10.2 Å². The molecule has 3 atom stereocenters. The summed E-state index contributed by atoms with van der Waals surface area (Å²) in [6.07, 6.45) is 2.12. The molecule has 2 rings (SSSR count). The van der Waals surface area contributed by atoms with E-state index in [2.05, 4.69) is 58.9 Å². The second-order valence-corrected chi connectivity index (χ2v) is 6.39. The lowest BCUT2D eigenvalue weighted by Gasteiger charge is -2.20. The van der Waals surface area contributed by atoms with Gasteiger partial charge in [-0.25, -0.2) is 0 Å². The third kappa shape index (κ3) is 3.10. The fourth-order valence-corrected chi connectivity index (χ4v) is 2.27. The number of hydrogen-bond acceptors (Lipinski definition) is 1. The third-order valence-electron chi connectivity index (χ3n) is 3.77. The van der Waals surface area contributed by atoms with Gasteiger partial charge < -0.3 is 4.74 Å². The fraction of sp³-hybridized carbons (Fsp3) is 0.625. The van der Waals surface area contributed by atoms with Crippen LogP contribution in [0.1, 0.15) is 58.1 Å². The van der Waals surface area contributed by atoms with Gasteiger partial charge in [-0.2, -0.15) is 0 Å². The van der Waals surface area contributed by atoms with Gasteiger partial charge in [0.15, 0.2) is 0 Å². The Bertz CT molecular complexity index is 372. The van der Waals surface area contributed by atoms with Crippen LogP contribution in [0.25, 0.3) is 0 Å². The number of ether oxygens (including phenoxy) is 1. The molecule has 1 nitrogen and oxygen atoms in total. The van der Waals surface area contributed by atoms with E-state index in [9.17, 15) is 0 Å². The summed E-state index contributed by atoms with van der Waals surface area (Å²) in [5.41, 5.74) is 3.08. The minimum atomic E-state index is 0.246. The molecular weight excluding hydrogens is 208 g/mol. The lowest BCUT2D eigenvalue weighted by molar-refractivity contribution is 0.362. The van der Waals surface area contributed by atoms with Gasteiger partial charge in [-0.15, -0.1) is 0 Å². The van der Waals surface area contributed by atoms with Crippen molar-refractivity contribution in [3.63, 3.8) is 0 Å². The summed E-state index contributed by atoms with van der Waals surface area (Å²) in [4.78, 5) is 0. The molecule has 0 saturated carbocycles. The average Bonchev–Trinajstić information content (AvgIpc) is 2.93. The Labute approximate surface area is 105 Å². The lowest BCUT2D eigenvalue weighted by Crippen LogP contribution is -2.11. The van der Waals surface area contributed by atoms with Gasteiger partial charge in [0, 0.05) is 0 Å². The maximum atomic E-state index is 5.49. The molecular formula is C16H24O. The molecule has 0 aromatic heterocycles. The van der Waals surface area contributed by atoms with Gasteiger partial charge in [0.25, 0.3) is 0 Å². The van der Waals surface area contributed by atoms with Crippen molar-refractivity contribution in [2.75, 3.05) is 0 Å². The number of rotatable bonds is 3. The molecule has 0 N–H and O–H groups in total. The Balaban J connectivity index is 2.02. The van der Waals surface area contributed by atoms with E-state index >= 15 is 0 Å². The van der Waals surface area contributed by atoms with Crippen LogP contribution in [0.4, 0.5) is 0 Å². The second-order valence-electron chi connectivity index (χ2n) is 6.39. The highest BCUT2D eigenvalue weighted by molar-refractivity contribution is 5.29. The van der Waals surface area contributed by atoms with E-state index in [1.54, 1.807) is 0 Å². The first-order valence-electron chi connectivity index (χ1n) is 6.64. The summed E-state index contributed by atoms with van der Waals surface area (Å²) >= 11 is 0. The molecule has 0 radical (unpaired) electrons. The van der Waals surface area contributed by atoms with Crippen molar-refractivity contribution in [3.05, 3.63) is 35.4 Å². The zero-order valence-electron chi connectivity index (χ0n) is 11.7. The number of benzene rings is 1. The smallest absolute Gasteiger partial charge is 0.0844 e. The second kappa shape index (κ2) is 4.45. The predicted molar refractivity (Wildman–Crippen MR) is 72.5 cm³/mol. The van der Waals surface area contributed by atoms with Gasteiger partial charge in [0.1, 0.15) is 0 Å². The van der Waals surface area contributed by atoms with Gasteiger partial charge in [-0.3, -0.25) is 0 Å². The van der Waals surface area contributed by atoms with E-state index in [0.717, 1.165) is 6.42 Å². The van der Waals surface area contributed by atoms with Crippen molar-refractivity contribution in [1.29, 1.82) is 0 Å². The topological polar surface area (TPSA) is 12.5 Å². The van der Waals surface area contributed by atoms with E-state index in [-0.39, 0.29) is 5.41 Å². The third-order valence-corrected chi connectivity index (χ3v) is 3.77. The summed E-state index contributed by atoms with van der Waals surface area (Å²) in [5, 5.41) is 0. The first kappa shape index (κ1) is 12.6. The molecule has 1 aromatic carbocycles. The van der Waals surface area contributed by atoms with Gasteiger partial charge in [-0.1, -0.05) is 52.0 Å². The van der Waals surface area contributed by atoms with Crippen LogP contribution >= 0.6 is 0 Å². The van der Waals surface area contributed by atoms with Crippen LogP contribution in [0.2, 0.25) is 0 Å². The Morgan fingerprint density at radius 1 is 1.18 bits per heavy atom. The zero-order valence-corrected chi connectivity index (χ0v) is 11.7. The van der Waals surface area contributed by atoms with E-state index in [4.69, 9.17) is 4.74 Å². The molecule has 0 aliphatic carbocycles. The maximum absolute atomic E-state index is 5.49. The fourth-order valence-electron chi connectivity index (χ4n) is 2.27. The summed E-state index contributed by atoms with van der Waals surface area (Å²) in [5.74, 6) is 0.596. The first-order chi connectivity index (χ1) is 7.88. The predicted octanol–water partition coefficient (Wildman–Crippen LogP) is 4.27. The molecule has 17 heavy (non-hydrogen) atoms. The quantitative estimate of drug-likeness (QED) is 0.709. The molecule has 1 aliphatic heterocycles. The highest BCUT2D eigenvalue weighted by Gasteiger charge is 2.35. The van der Waals surface area contributed by atoms with Crippen molar-refractivity contribution < 1.29 is 4.74 Å². The van der Waals surface area contributed by atoms with Gasteiger partial charge in [0.2, 0.25) is 0 Å². The zero-order chi connectivity index (χ0) is 12.6. The van der Waals surface area contributed by atoms with E-state index < -0.39 is 0 Å². The van der Waals surface area contributed by atoms with Crippen molar-refractivity contribution in [1.82, 2.24) is 0 Å². The minimum Gasteiger partial charge on any atom is -0.370 e. The molecule has 1 heteroatoms. The maximum Gasteiger partial charge on any atom is 0.0844 e. The largest absolute Gasteiger partial charge is 0.370 e. The van der Waals surface area contributed by atoms with Crippen molar-refractivity contribution in [2.24, 2.45) is 0 Å². The SMILES string of the molecule is CC(CC1OC1C)c1ccc(C(C)(C)C)cc1. The van der Waals surface area contributed by atoms with Crippen molar-refractivity contribution in [3.8, 4) is 0 Å². The molecule has 0 amide bonds. The normalized spacial score (nSPS) is 25.7. The highest BCUT2D eigenvalue weighted by Crippen LogP contribution is 2.33. The van der Waals surface area contributed by atoms with Crippen LogP contribution in [0.3, 0.4) is 0 Å². The van der Waals surface area contributed by atoms with Crippen LogP contribution in [0, 0.1) is 0 Å². The Hall–Kier alpha value is -0.820. The lowest BCUT2D eigenvalue weighted by atomic mass is 9.85. The molecule has 1 saturated heterocycles. The average molecular weight is 232 g/mol. The minimum absolute atomic E-state index is 0.246. The van der Waals surface area contributed by atoms with Crippen molar-refractivity contribution >= 4 is 0 Å². The Morgan fingerprint density at radius 3 is 2.12 bits per heavy atom. The van der Waals surface area contributed by atoms with E-state index in [0.29, 0.717) is 18.1 Å². The van der Waals surface area contributed by atoms with E-state index in [1.807, 2.05) is 0 Å². The highest BCUT2D eigenvalue weighted by atomic mass is 16.6. The van der Waals surface area contributed by atoms with Gasteiger partial charge >= 0.3 is 0 Å². The van der Waals surface area contributed by atoms with Crippen molar-refractivity contribution in [2.45, 2.75) is 64.6 Å². The molecule has 3 unspecified atom stereocenters.